The van der Waals surface area contributed by atoms with E-state index < -0.39 is 5.76 Å². The summed E-state index contributed by atoms with van der Waals surface area (Å²) in [5.74, 6) is 1.48. The Morgan fingerprint density at radius 1 is 1.42 bits per heavy atom. The number of aromatic nitrogens is 1. The Hall–Kier alpha value is -1.75. The van der Waals surface area contributed by atoms with E-state index in [9.17, 15) is 9.59 Å². The second-order valence-electron chi connectivity index (χ2n) is 7.26. The number of carbonyl (C=O) groups is 1. The highest BCUT2D eigenvalue weighted by Crippen LogP contribution is 2.49. The van der Waals surface area contributed by atoms with Gasteiger partial charge in [-0.15, -0.1) is 0 Å². The predicted molar refractivity (Wildman–Crippen MR) is 92.0 cm³/mol. The molecule has 1 aromatic heterocycles. The number of halogens is 1. The lowest BCUT2D eigenvalue weighted by molar-refractivity contribution is -0.122. The zero-order chi connectivity index (χ0) is 16.8. The maximum atomic E-state index is 12.4. The summed E-state index contributed by atoms with van der Waals surface area (Å²) in [4.78, 5) is 24.4. The highest BCUT2D eigenvalue weighted by Gasteiger charge is 2.42. The normalized spacial score (nSPS) is 26.8. The van der Waals surface area contributed by atoms with Crippen molar-refractivity contribution < 1.29 is 9.21 Å². The molecule has 2 fully saturated rings. The number of oxazole rings is 1. The molecule has 2 aliphatic rings. The highest BCUT2D eigenvalue weighted by atomic mass is 35.5. The van der Waals surface area contributed by atoms with Crippen LogP contribution < -0.4 is 11.1 Å². The predicted octanol–water partition coefficient (Wildman–Crippen LogP) is 3.19. The van der Waals surface area contributed by atoms with Crippen molar-refractivity contribution in [2.24, 2.45) is 17.8 Å². The van der Waals surface area contributed by atoms with Crippen molar-refractivity contribution >= 4 is 28.6 Å². The van der Waals surface area contributed by atoms with Gasteiger partial charge in [-0.05, 0) is 62.1 Å². The van der Waals surface area contributed by atoms with Gasteiger partial charge in [-0.1, -0.05) is 18.0 Å². The molecule has 2 bridgehead atoms. The monoisotopic (exact) mass is 348 g/mol. The largest absolute Gasteiger partial charge is 0.420 e. The molecule has 24 heavy (non-hydrogen) atoms. The molecule has 2 aromatic rings. The molecule has 4 rings (SSSR count). The highest BCUT2D eigenvalue weighted by molar-refractivity contribution is 6.31. The Bertz CT molecular complexity index is 840. The maximum absolute atomic E-state index is 12.4. The van der Waals surface area contributed by atoms with Gasteiger partial charge in [0.25, 0.3) is 0 Å². The molecule has 1 heterocycles. The molecule has 6 heteroatoms. The van der Waals surface area contributed by atoms with Crippen molar-refractivity contribution in [3.05, 3.63) is 33.8 Å². The molecule has 1 amide bonds. The summed E-state index contributed by atoms with van der Waals surface area (Å²) in [6.07, 6.45) is 5.17. The fourth-order valence-corrected chi connectivity index (χ4v) is 4.81. The summed E-state index contributed by atoms with van der Waals surface area (Å²) in [6, 6.07) is 5.10. The van der Waals surface area contributed by atoms with Gasteiger partial charge in [-0.25, -0.2) is 4.79 Å². The van der Waals surface area contributed by atoms with Crippen LogP contribution in [0.4, 0.5) is 0 Å². The first-order valence-corrected chi connectivity index (χ1v) is 8.97. The summed E-state index contributed by atoms with van der Waals surface area (Å²) < 4.78 is 6.51. The number of hydrogen-bond acceptors (Lipinski definition) is 3. The van der Waals surface area contributed by atoms with Crippen LogP contribution in [0.25, 0.3) is 11.1 Å². The van der Waals surface area contributed by atoms with E-state index in [4.69, 9.17) is 16.0 Å². The maximum Gasteiger partial charge on any atom is 0.420 e. The Morgan fingerprint density at radius 3 is 2.96 bits per heavy atom. The Labute approximate surface area is 145 Å². The van der Waals surface area contributed by atoms with Crippen LogP contribution in [-0.2, 0) is 11.3 Å². The summed E-state index contributed by atoms with van der Waals surface area (Å²) >= 11 is 5.99. The van der Waals surface area contributed by atoms with Gasteiger partial charge in [-0.2, -0.15) is 0 Å². The third-order valence-corrected chi connectivity index (χ3v) is 5.99. The molecule has 0 aliphatic heterocycles. The van der Waals surface area contributed by atoms with Crippen molar-refractivity contribution in [2.45, 2.75) is 45.2 Å². The average Bonchev–Trinajstić information content (AvgIpc) is 3.23. The van der Waals surface area contributed by atoms with Crippen LogP contribution >= 0.6 is 11.6 Å². The summed E-state index contributed by atoms with van der Waals surface area (Å²) in [5.41, 5.74) is 0.994. The van der Waals surface area contributed by atoms with Crippen LogP contribution in [0, 0.1) is 17.8 Å². The van der Waals surface area contributed by atoms with Crippen LogP contribution in [0.5, 0.6) is 0 Å². The number of hydrogen-bond donors (Lipinski definition) is 1. The van der Waals surface area contributed by atoms with Gasteiger partial charge < -0.3 is 9.73 Å². The smallest absolute Gasteiger partial charge is 0.408 e. The summed E-state index contributed by atoms with van der Waals surface area (Å²) in [6.45, 7) is 2.04. The molecule has 0 unspecified atom stereocenters. The van der Waals surface area contributed by atoms with Gasteiger partial charge in [0.2, 0.25) is 5.91 Å². The molecule has 128 valence electrons. The van der Waals surface area contributed by atoms with Crippen molar-refractivity contribution in [3.63, 3.8) is 0 Å². The minimum Gasteiger partial charge on any atom is -0.408 e. The van der Waals surface area contributed by atoms with Crippen molar-refractivity contribution in [1.82, 2.24) is 9.88 Å². The number of benzene rings is 1. The fraction of sp³-hybridized carbons (Fsp3) is 0.556. The lowest BCUT2D eigenvalue weighted by Gasteiger charge is -2.28. The first kappa shape index (κ1) is 15.8. The van der Waals surface area contributed by atoms with Gasteiger partial charge >= 0.3 is 5.76 Å². The van der Waals surface area contributed by atoms with Crippen molar-refractivity contribution in [2.75, 3.05) is 0 Å². The van der Waals surface area contributed by atoms with Crippen LogP contribution in [0.3, 0.4) is 0 Å². The molecule has 0 radical (unpaired) electrons. The zero-order valence-corrected chi connectivity index (χ0v) is 14.4. The molecule has 1 N–H and O–H groups in total. The third kappa shape index (κ3) is 2.75. The molecule has 2 saturated carbocycles. The van der Waals surface area contributed by atoms with E-state index >= 15 is 0 Å². The van der Waals surface area contributed by atoms with E-state index in [0.717, 1.165) is 11.8 Å². The standard InChI is InChI=1S/C18H21ClN2O3/c1-10(14-7-11-2-3-12(14)6-11)20-17(22)9-21-15-8-13(19)4-5-16(15)24-18(21)23/h4-5,8,10-12,14H,2-3,6-7,9H2,1H3,(H,20,22)/t10-,11-,12-,14-/m0/s1. The number of amides is 1. The SMILES string of the molecule is C[C@H](NC(=O)Cn1c(=O)oc2ccc(Cl)cc21)[C@@H]1C[C@H]2CC[C@H]1C2. The number of nitrogens with one attached hydrogen (secondary N) is 1. The number of nitrogens with zero attached hydrogens (tertiary/aromatic N) is 1. The Kier molecular flexibility index (Phi) is 3.91. The van der Waals surface area contributed by atoms with Gasteiger partial charge in [-0.3, -0.25) is 9.36 Å². The molecule has 2 aliphatic carbocycles. The van der Waals surface area contributed by atoms with E-state index in [-0.39, 0.29) is 18.5 Å². The van der Waals surface area contributed by atoms with Crippen LogP contribution in [0.15, 0.2) is 27.4 Å². The first-order valence-electron chi connectivity index (χ1n) is 8.59. The molecule has 1 aromatic carbocycles. The van der Waals surface area contributed by atoms with Gasteiger partial charge in [0.15, 0.2) is 5.58 Å². The second kappa shape index (κ2) is 5.96. The van der Waals surface area contributed by atoms with Gasteiger partial charge in [0.05, 0.1) is 5.52 Å². The van der Waals surface area contributed by atoms with Crippen molar-refractivity contribution in [1.29, 1.82) is 0 Å². The Morgan fingerprint density at radius 2 is 2.25 bits per heavy atom. The van der Waals surface area contributed by atoms with E-state index in [1.54, 1.807) is 18.2 Å². The van der Waals surface area contributed by atoms with Crippen LogP contribution in [0.2, 0.25) is 5.02 Å². The van der Waals surface area contributed by atoms with E-state index in [1.807, 2.05) is 0 Å². The summed E-state index contributed by atoms with van der Waals surface area (Å²) in [5, 5.41) is 3.59. The van der Waals surface area contributed by atoms with Gasteiger partial charge in [0, 0.05) is 11.1 Å². The van der Waals surface area contributed by atoms with Crippen LogP contribution in [0.1, 0.15) is 32.6 Å². The molecule has 4 atom stereocenters. The van der Waals surface area contributed by atoms with Crippen molar-refractivity contribution in [3.8, 4) is 0 Å². The molecule has 5 nitrogen and oxygen atoms in total. The molecule has 0 saturated heterocycles. The molecular weight excluding hydrogens is 328 g/mol. The van der Waals surface area contributed by atoms with Gasteiger partial charge in [0.1, 0.15) is 6.54 Å². The minimum atomic E-state index is -0.532. The fourth-order valence-electron chi connectivity index (χ4n) is 4.64. The lowest BCUT2D eigenvalue weighted by Crippen LogP contribution is -2.42. The summed E-state index contributed by atoms with van der Waals surface area (Å²) in [7, 11) is 0. The number of rotatable bonds is 4. The van der Waals surface area contributed by atoms with E-state index in [2.05, 4.69) is 12.2 Å². The number of carbonyl (C=O) groups excluding carboxylic acids is 1. The zero-order valence-electron chi connectivity index (χ0n) is 13.6. The Balaban J connectivity index is 1.47. The molecular formula is C18H21ClN2O3. The first-order chi connectivity index (χ1) is 11.5. The third-order valence-electron chi connectivity index (χ3n) is 5.75. The number of fused-ring (bicyclic) bond motifs is 3. The average molecular weight is 349 g/mol. The minimum absolute atomic E-state index is 0.0443. The topological polar surface area (TPSA) is 64.2 Å². The lowest BCUT2D eigenvalue weighted by atomic mass is 9.84. The quantitative estimate of drug-likeness (QED) is 0.922. The van der Waals surface area contributed by atoms with E-state index in [0.29, 0.717) is 22.0 Å². The second-order valence-corrected chi connectivity index (χ2v) is 7.70. The van der Waals surface area contributed by atoms with Crippen LogP contribution in [-0.4, -0.2) is 16.5 Å². The molecule has 0 spiro atoms. The van der Waals surface area contributed by atoms with E-state index in [1.165, 1.54) is 30.3 Å².